The number of carbonyl (C=O) groups excluding carboxylic acids is 2. The van der Waals surface area contributed by atoms with Gasteiger partial charge in [0.15, 0.2) is 5.78 Å². The zero-order chi connectivity index (χ0) is 16.8. The van der Waals surface area contributed by atoms with Crippen LogP contribution in [0.15, 0.2) is 30.5 Å². The number of aromatic nitrogens is 1. The van der Waals surface area contributed by atoms with E-state index in [1.54, 1.807) is 24.4 Å². The molecule has 0 aliphatic carbocycles. The number of ketones is 1. The molecule has 0 aliphatic heterocycles. The number of hydrogen-bond acceptors (Lipinski definition) is 5. The Labute approximate surface area is 135 Å². The molecule has 0 amide bonds. The van der Waals surface area contributed by atoms with E-state index in [-0.39, 0.29) is 18.6 Å². The predicted octanol–water partition coefficient (Wildman–Crippen LogP) is 3.41. The molecule has 0 unspecified atom stereocenters. The number of methoxy groups -OCH3 is 1. The van der Waals surface area contributed by atoms with Crippen molar-refractivity contribution in [2.45, 2.75) is 26.7 Å². The van der Waals surface area contributed by atoms with Crippen LogP contribution in [-0.4, -0.2) is 30.5 Å². The average molecular weight is 315 g/mol. The number of Topliss-reactive ketones (excluding diaryl/α,β-unsaturated/α-hetero) is 1. The molecule has 23 heavy (non-hydrogen) atoms. The number of carbonyl (C=O) groups is 2. The van der Waals surface area contributed by atoms with Gasteiger partial charge in [-0.25, -0.2) is 0 Å². The molecule has 0 radical (unpaired) electrons. The summed E-state index contributed by atoms with van der Waals surface area (Å²) in [6.07, 6.45) is 1.86. The molecule has 0 saturated carbocycles. The van der Waals surface area contributed by atoms with Gasteiger partial charge in [-0.3, -0.25) is 14.6 Å². The summed E-state index contributed by atoms with van der Waals surface area (Å²) in [7, 11) is 1.31. The van der Waals surface area contributed by atoms with Gasteiger partial charge in [-0.2, -0.15) is 0 Å². The fraction of sp³-hybridized carbons (Fsp3) is 0.389. The summed E-state index contributed by atoms with van der Waals surface area (Å²) in [6, 6.07) is 7.13. The van der Waals surface area contributed by atoms with Crippen molar-refractivity contribution < 1.29 is 19.1 Å². The molecule has 0 spiro atoms. The van der Waals surface area contributed by atoms with E-state index in [4.69, 9.17) is 4.74 Å². The summed E-state index contributed by atoms with van der Waals surface area (Å²) in [5.41, 5.74) is 1.21. The summed E-state index contributed by atoms with van der Waals surface area (Å²) < 4.78 is 10.4. The minimum Gasteiger partial charge on any atom is -0.491 e. The number of nitrogens with zero attached hydrogens (tertiary/aromatic N) is 1. The fourth-order valence-electron chi connectivity index (χ4n) is 2.22. The number of hydrogen-bond donors (Lipinski definition) is 0. The van der Waals surface area contributed by atoms with E-state index >= 15 is 0 Å². The van der Waals surface area contributed by atoms with E-state index in [0.29, 0.717) is 29.4 Å². The van der Waals surface area contributed by atoms with Gasteiger partial charge >= 0.3 is 5.97 Å². The van der Waals surface area contributed by atoms with Crippen LogP contribution < -0.4 is 4.74 Å². The molecule has 2 aromatic rings. The lowest BCUT2D eigenvalue weighted by Gasteiger charge is -2.12. The number of fused-ring (bicyclic) bond motifs is 1. The van der Waals surface area contributed by atoms with Crippen LogP contribution >= 0.6 is 0 Å². The quantitative estimate of drug-likeness (QED) is 0.578. The molecule has 0 N–H and O–H groups in total. The molecular weight excluding hydrogens is 294 g/mol. The van der Waals surface area contributed by atoms with Crippen LogP contribution in [0.3, 0.4) is 0 Å². The highest BCUT2D eigenvalue weighted by Crippen LogP contribution is 2.28. The lowest BCUT2D eigenvalue weighted by atomic mass is 10.0. The van der Waals surface area contributed by atoms with Crippen molar-refractivity contribution in [2.24, 2.45) is 5.92 Å². The lowest BCUT2D eigenvalue weighted by Crippen LogP contribution is -2.08. The number of esters is 1. The van der Waals surface area contributed by atoms with Crippen molar-refractivity contribution >= 4 is 22.7 Å². The molecule has 5 nitrogen and oxygen atoms in total. The standard InChI is InChI=1S/C18H21NO4/c1-12(2)11-23-16-8-6-13(14-5-4-10-19-18(14)16)15(20)7-9-17(21)22-3/h4-6,8,10,12H,7,9,11H2,1-3H3. The van der Waals surface area contributed by atoms with Gasteiger partial charge in [0, 0.05) is 23.6 Å². The normalized spacial score (nSPS) is 10.8. The minimum absolute atomic E-state index is 0.0721. The maximum atomic E-state index is 12.4. The highest BCUT2D eigenvalue weighted by Gasteiger charge is 2.15. The molecule has 122 valence electrons. The van der Waals surface area contributed by atoms with Crippen LogP contribution in [0.25, 0.3) is 10.9 Å². The van der Waals surface area contributed by atoms with Gasteiger partial charge in [-0.1, -0.05) is 19.9 Å². The molecular formula is C18H21NO4. The Morgan fingerprint density at radius 3 is 2.65 bits per heavy atom. The predicted molar refractivity (Wildman–Crippen MR) is 87.7 cm³/mol. The molecule has 0 aliphatic rings. The SMILES string of the molecule is COC(=O)CCC(=O)c1ccc(OCC(C)C)c2ncccc12. The van der Waals surface area contributed by atoms with Crippen molar-refractivity contribution in [3.8, 4) is 5.75 Å². The molecule has 0 saturated heterocycles. The van der Waals surface area contributed by atoms with E-state index in [2.05, 4.69) is 23.6 Å². The Morgan fingerprint density at radius 1 is 1.17 bits per heavy atom. The van der Waals surface area contributed by atoms with Crippen LogP contribution in [-0.2, 0) is 9.53 Å². The van der Waals surface area contributed by atoms with Crippen LogP contribution in [0.2, 0.25) is 0 Å². The third-order valence-electron chi connectivity index (χ3n) is 3.39. The second-order valence-electron chi connectivity index (χ2n) is 5.71. The van der Waals surface area contributed by atoms with Crippen molar-refractivity contribution in [1.82, 2.24) is 4.98 Å². The van der Waals surface area contributed by atoms with Crippen LogP contribution in [0.1, 0.15) is 37.0 Å². The fourth-order valence-corrected chi connectivity index (χ4v) is 2.22. The minimum atomic E-state index is -0.391. The third-order valence-corrected chi connectivity index (χ3v) is 3.39. The molecule has 0 fully saturated rings. The summed E-state index contributed by atoms with van der Waals surface area (Å²) in [5, 5.41) is 0.739. The van der Waals surface area contributed by atoms with E-state index in [1.165, 1.54) is 7.11 Å². The average Bonchev–Trinajstić information content (AvgIpc) is 2.56. The zero-order valence-corrected chi connectivity index (χ0v) is 13.7. The van der Waals surface area contributed by atoms with E-state index < -0.39 is 5.97 Å². The second-order valence-corrected chi connectivity index (χ2v) is 5.71. The van der Waals surface area contributed by atoms with E-state index in [9.17, 15) is 9.59 Å². The highest BCUT2D eigenvalue weighted by molar-refractivity contribution is 6.09. The monoisotopic (exact) mass is 315 g/mol. The summed E-state index contributed by atoms with van der Waals surface area (Å²) in [5.74, 6) is 0.565. The van der Waals surface area contributed by atoms with Gasteiger partial charge in [0.25, 0.3) is 0 Å². The Bertz CT molecular complexity index is 709. The van der Waals surface area contributed by atoms with E-state index in [1.807, 2.05) is 6.07 Å². The highest BCUT2D eigenvalue weighted by atomic mass is 16.5. The van der Waals surface area contributed by atoms with Gasteiger partial charge in [0.1, 0.15) is 11.3 Å². The summed E-state index contributed by atoms with van der Waals surface area (Å²) in [6.45, 7) is 4.72. The Hall–Kier alpha value is -2.43. The van der Waals surface area contributed by atoms with Gasteiger partial charge in [0.05, 0.1) is 20.1 Å². The van der Waals surface area contributed by atoms with Gasteiger partial charge in [-0.15, -0.1) is 0 Å². The van der Waals surface area contributed by atoms with Crippen LogP contribution in [0.5, 0.6) is 5.75 Å². The number of benzene rings is 1. The zero-order valence-electron chi connectivity index (χ0n) is 13.7. The maximum Gasteiger partial charge on any atom is 0.305 e. The summed E-state index contributed by atoms with van der Waals surface area (Å²) in [4.78, 5) is 27.9. The molecule has 0 atom stereocenters. The third kappa shape index (κ3) is 4.28. The number of pyridine rings is 1. The van der Waals surface area contributed by atoms with Gasteiger partial charge in [0.2, 0.25) is 0 Å². The van der Waals surface area contributed by atoms with Gasteiger partial charge < -0.3 is 9.47 Å². The number of rotatable bonds is 7. The van der Waals surface area contributed by atoms with Crippen molar-refractivity contribution in [1.29, 1.82) is 0 Å². The van der Waals surface area contributed by atoms with Gasteiger partial charge in [-0.05, 0) is 24.1 Å². The second kappa shape index (κ2) is 7.72. The smallest absolute Gasteiger partial charge is 0.305 e. The molecule has 0 bridgehead atoms. The molecule has 5 heteroatoms. The molecule has 1 heterocycles. The first-order valence-electron chi connectivity index (χ1n) is 7.63. The topological polar surface area (TPSA) is 65.5 Å². The Kier molecular flexibility index (Phi) is 5.68. The molecule has 1 aromatic heterocycles. The van der Waals surface area contributed by atoms with Crippen LogP contribution in [0.4, 0.5) is 0 Å². The Morgan fingerprint density at radius 2 is 1.96 bits per heavy atom. The van der Waals surface area contributed by atoms with Crippen molar-refractivity contribution in [3.63, 3.8) is 0 Å². The molecule has 1 aromatic carbocycles. The Balaban J connectivity index is 2.30. The number of ether oxygens (including phenoxy) is 2. The van der Waals surface area contributed by atoms with Crippen molar-refractivity contribution in [2.75, 3.05) is 13.7 Å². The summed E-state index contributed by atoms with van der Waals surface area (Å²) >= 11 is 0. The maximum absolute atomic E-state index is 12.4. The first-order chi connectivity index (χ1) is 11.0. The molecule has 2 rings (SSSR count). The van der Waals surface area contributed by atoms with Crippen molar-refractivity contribution in [3.05, 3.63) is 36.0 Å². The first-order valence-corrected chi connectivity index (χ1v) is 7.63. The largest absolute Gasteiger partial charge is 0.491 e. The van der Waals surface area contributed by atoms with Crippen LogP contribution in [0, 0.1) is 5.92 Å². The lowest BCUT2D eigenvalue weighted by molar-refractivity contribution is -0.140. The first kappa shape index (κ1) is 16.9. The van der Waals surface area contributed by atoms with E-state index in [0.717, 1.165) is 5.39 Å².